The number of amides is 1. The monoisotopic (exact) mass is 221 g/mol. The van der Waals surface area contributed by atoms with Crippen molar-refractivity contribution in [3.63, 3.8) is 0 Å². The molecule has 0 spiro atoms. The Bertz CT molecular complexity index is 356. The van der Waals surface area contributed by atoms with Crippen molar-refractivity contribution >= 4 is 6.09 Å². The lowest BCUT2D eigenvalue weighted by Crippen LogP contribution is -2.29. The van der Waals surface area contributed by atoms with Crippen LogP contribution in [0.2, 0.25) is 0 Å². The second-order valence-corrected chi connectivity index (χ2v) is 3.79. The fourth-order valence-corrected chi connectivity index (χ4v) is 1.69. The average Bonchev–Trinajstić information content (AvgIpc) is 2.69. The predicted molar refractivity (Wildman–Crippen MR) is 58.8 cm³/mol. The van der Waals surface area contributed by atoms with Crippen molar-refractivity contribution in [2.45, 2.75) is 12.5 Å². The largest absolute Gasteiger partial charge is 0.443 e. The molecule has 2 heterocycles. The highest BCUT2D eigenvalue weighted by Crippen LogP contribution is 2.11. The van der Waals surface area contributed by atoms with Gasteiger partial charge in [0.2, 0.25) is 0 Å². The lowest BCUT2D eigenvalue weighted by molar-refractivity contribution is 0.135. The minimum Gasteiger partial charge on any atom is -0.443 e. The number of pyridine rings is 1. The van der Waals surface area contributed by atoms with Crippen molar-refractivity contribution in [2.75, 3.05) is 19.6 Å². The van der Waals surface area contributed by atoms with E-state index in [1.54, 1.807) is 17.3 Å². The molecule has 1 aliphatic rings. The highest BCUT2D eigenvalue weighted by atomic mass is 16.6. The summed E-state index contributed by atoms with van der Waals surface area (Å²) in [5.74, 6) is 0. The van der Waals surface area contributed by atoms with E-state index in [-0.39, 0.29) is 12.2 Å². The number of carbonyl (C=O) groups is 1. The highest BCUT2D eigenvalue weighted by molar-refractivity contribution is 5.69. The van der Waals surface area contributed by atoms with Gasteiger partial charge >= 0.3 is 6.09 Å². The molecule has 0 aromatic carbocycles. The molecule has 2 rings (SSSR count). The molecular weight excluding hydrogens is 206 g/mol. The van der Waals surface area contributed by atoms with E-state index in [0.717, 1.165) is 6.42 Å². The predicted octanol–water partition coefficient (Wildman–Crippen LogP) is 0.404. The lowest BCUT2D eigenvalue weighted by Gasteiger charge is -2.12. The Morgan fingerprint density at radius 3 is 2.88 bits per heavy atom. The van der Waals surface area contributed by atoms with Gasteiger partial charge in [0.1, 0.15) is 6.10 Å². The molecule has 16 heavy (non-hydrogen) atoms. The molecule has 0 saturated carbocycles. The van der Waals surface area contributed by atoms with Crippen LogP contribution < -0.4 is 5.73 Å². The normalized spacial score (nSPS) is 19.9. The molecule has 0 radical (unpaired) electrons. The second kappa shape index (κ2) is 4.94. The molecule has 1 aliphatic heterocycles. The quantitative estimate of drug-likeness (QED) is 0.799. The first-order valence-corrected chi connectivity index (χ1v) is 5.34. The van der Waals surface area contributed by atoms with E-state index in [1.165, 1.54) is 5.56 Å². The molecule has 1 unspecified atom stereocenters. The van der Waals surface area contributed by atoms with Crippen LogP contribution in [0.25, 0.3) is 0 Å². The van der Waals surface area contributed by atoms with Gasteiger partial charge in [-0.25, -0.2) is 4.79 Å². The number of rotatable bonds is 4. The van der Waals surface area contributed by atoms with Gasteiger partial charge in [0.05, 0.1) is 6.54 Å². The van der Waals surface area contributed by atoms with Crippen molar-refractivity contribution < 1.29 is 9.53 Å². The van der Waals surface area contributed by atoms with Crippen LogP contribution in [0.1, 0.15) is 5.56 Å². The van der Waals surface area contributed by atoms with Crippen LogP contribution in [-0.4, -0.2) is 41.7 Å². The number of nitrogens with two attached hydrogens (primary N) is 1. The van der Waals surface area contributed by atoms with Crippen LogP contribution in [0.4, 0.5) is 4.79 Å². The number of ether oxygens (including phenoxy) is 1. The molecule has 0 bridgehead atoms. The number of aromatic nitrogens is 1. The van der Waals surface area contributed by atoms with E-state index in [0.29, 0.717) is 19.6 Å². The Morgan fingerprint density at radius 2 is 2.25 bits per heavy atom. The maximum atomic E-state index is 11.4. The van der Waals surface area contributed by atoms with Gasteiger partial charge in [0.15, 0.2) is 0 Å². The summed E-state index contributed by atoms with van der Waals surface area (Å²) in [5, 5.41) is 0. The van der Waals surface area contributed by atoms with Gasteiger partial charge in [-0.3, -0.25) is 4.98 Å². The van der Waals surface area contributed by atoms with Gasteiger partial charge in [0.25, 0.3) is 0 Å². The van der Waals surface area contributed by atoms with Crippen LogP contribution >= 0.6 is 0 Å². The van der Waals surface area contributed by atoms with Gasteiger partial charge < -0.3 is 15.4 Å². The Kier molecular flexibility index (Phi) is 3.36. The summed E-state index contributed by atoms with van der Waals surface area (Å²) in [7, 11) is 0. The van der Waals surface area contributed by atoms with E-state index < -0.39 is 0 Å². The summed E-state index contributed by atoms with van der Waals surface area (Å²) in [6.07, 6.45) is 3.91. The fourth-order valence-electron chi connectivity index (χ4n) is 1.69. The fraction of sp³-hybridized carbons (Fsp3) is 0.455. The Hall–Kier alpha value is -1.62. The van der Waals surface area contributed by atoms with Crippen molar-refractivity contribution in [1.29, 1.82) is 0 Å². The van der Waals surface area contributed by atoms with Crippen LogP contribution in [-0.2, 0) is 11.2 Å². The molecule has 1 atom stereocenters. The number of nitrogens with zero attached hydrogens (tertiary/aromatic N) is 2. The summed E-state index contributed by atoms with van der Waals surface area (Å²) in [6.45, 7) is 1.65. The lowest BCUT2D eigenvalue weighted by atomic mass is 10.2. The first-order chi connectivity index (χ1) is 7.79. The molecule has 1 aromatic rings. The van der Waals surface area contributed by atoms with Crippen molar-refractivity contribution in [2.24, 2.45) is 5.73 Å². The molecule has 1 amide bonds. The summed E-state index contributed by atoms with van der Waals surface area (Å²) in [5.41, 5.74) is 6.62. The van der Waals surface area contributed by atoms with Crippen LogP contribution in [0.15, 0.2) is 24.5 Å². The first-order valence-electron chi connectivity index (χ1n) is 5.34. The summed E-state index contributed by atoms with van der Waals surface area (Å²) in [6, 6.07) is 3.89. The Labute approximate surface area is 94.2 Å². The molecule has 5 heteroatoms. The van der Waals surface area contributed by atoms with Crippen LogP contribution in [0, 0.1) is 0 Å². The third-order valence-electron chi connectivity index (χ3n) is 2.63. The van der Waals surface area contributed by atoms with Gasteiger partial charge in [0, 0.05) is 25.5 Å². The van der Waals surface area contributed by atoms with E-state index in [1.807, 2.05) is 12.1 Å². The summed E-state index contributed by atoms with van der Waals surface area (Å²) in [4.78, 5) is 17.0. The van der Waals surface area contributed by atoms with Crippen molar-refractivity contribution in [3.05, 3.63) is 30.1 Å². The van der Waals surface area contributed by atoms with E-state index >= 15 is 0 Å². The summed E-state index contributed by atoms with van der Waals surface area (Å²) < 4.78 is 5.06. The molecule has 86 valence electrons. The van der Waals surface area contributed by atoms with Gasteiger partial charge in [-0.05, 0) is 24.1 Å². The third kappa shape index (κ3) is 2.49. The summed E-state index contributed by atoms with van der Waals surface area (Å²) >= 11 is 0. The number of carbonyl (C=O) groups excluding carboxylic acids is 1. The van der Waals surface area contributed by atoms with E-state index in [4.69, 9.17) is 10.5 Å². The minimum absolute atomic E-state index is 0.148. The zero-order chi connectivity index (χ0) is 11.4. The van der Waals surface area contributed by atoms with E-state index in [9.17, 15) is 4.79 Å². The molecule has 0 aliphatic carbocycles. The smallest absolute Gasteiger partial charge is 0.410 e. The minimum atomic E-state index is -0.260. The van der Waals surface area contributed by atoms with Crippen molar-refractivity contribution in [3.8, 4) is 0 Å². The zero-order valence-electron chi connectivity index (χ0n) is 9.00. The van der Waals surface area contributed by atoms with Crippen LogP contribution in [0.5, 0.6) is 0 Å². The Morgan fingerprint density at radius 1 is 1.50 bits per heavy atom. The molecular formula is C11H15N3O2. The second-order valence-electron chi connectivity index (χ2n) is 3.79. The topological polar surface area (TPSA) is 68.5 Å². The number of hydrogen-bond acceptors (Lipinski definition) is 4. The standard InChI is InChI=1S/C11H15N3O2/c12-7-10-8-14(11(15)16-10)6-3-9-1-4-13-5-2-9/h1-2,4-5,10H,3,6-8,12H2. The van der Waals surface area contributed by atoms with Gasteiger partial charge in [-0.15, -0.1) is 0 Å². The Balaban J connectivity index is 1.85. The van der Waals surface area contributed by atoms with E-state index in [2.05, 4.69) is 4.98 Å². The molecule has 1 aromatic heterocycles. The van der Waals surface area contributed by atoms with Gasteiger partial charge in [-0.1, -0.05) is 0 Å². The SMILES string of the molecule is NCC1CN(CCc2ccncc2)C(=O)O1. The average molecular weight is 221 g/mol. The third-order valence-corrected chi connectivity index (χ3v) is 2.63. The molecule has 2 N–H and O–H groups in total. The van der Waals surface area contributed by atoms with Crippen molar-refractivity contribution in [1.82, 2.24) is 9.88 Å². The maximum Gasteiger partial charge on any atom is 0.410 e. The van der Waals surface area contributed by atoms with Crippen LogP contribution in [0.3, 0.4) is 0 Å². The molecule has 1 saturated heterocycles. The first kappa shape index (κ1) is 10.9. The molecule has 1 fully saturated rings. The molecule has 5 nitrogen and oxygen atoms in total. The highest BCUT2D eigenvalue weighted by Gasteiger charge is 2.29. The maximum absolute atomic E-state index is 11.4. The number of cyclic esters (lactones) is 1. The van der Waals surface area contributed by atoms with Gasteiger partial charge in [-0.2, -0.15) is 0 Å². The number of hydrogen-bond donors (Lipinski definition) is 1. The zero-order valence-corrected chi connectivity index (χ0v) is 9.00.